The van der Waals surface area contributed by atoms with Crippen LogP contribution in [0.5, 0.6) is 11.6 Å². The van der Waals surface area contributed by atoms with Crippen LogP contribution in [0.25, 0.3) is 11.1 Å². The zero-order chi connectivity index (χ0) is 22.4. The second-order valence-electron chi connectivity index (χ2n) is 9.36. The zero-order valence-electron chi connectivity index (χ0n) is 18.2. The van der Waals surface area contributed by atoms with Gasteiger partial charge in [-0.3, -0.25) is 4.79 Å². The molecule has 1 aromatic carbocycles. The highest BCUT2D eigenvalue weighted by molar-refractivity contribution is 5.74. The standard InChI is InChI=1S/C24H25FN6O2/c25-16-3-5-19(18(11-16)17-4-6-20(32)29-21(17)15-1-2-15)33-23-22(27-14-28-30-23)31-12-24(13-31)7-9-26-10-8-24/h3-6,11,14-15,26H,1-2,7-10,12-13H2,(H,29,32). The number of halogens is 1. The minimum absolute atomic E-state index is 0.162. The topological polar surface area (TPSA) is 96.0 Å². The number of hydrogen-bond acceptors (Lipinski definition) is 7. The highest BCUT2D eigenvalue weighted by atomic mass is 19.1. The molecule has 170 valence electrons. The van der Waals surface area contributed by atoms with Gasteiger partial charge in [-0.2, -0.15) is 0 Å². The third-order valence-electron chi connectivity index (χ3n) is 6.96. The van der Waals surface area contributed by atoms with E-state index in [1.165, 1.54) is 24.5 Å². The van der Waals surface area contributed by atoms with Crippen molar-refractivity contribution in [1.29, 1.82) is 0 Å². The molecule has 4 heterocycles. The van der Waals surface area contributed by atoms with Gasteiger partial charge in [-0.25, -0.2) is 9.37 Å². The molecule has 3 aromatic rings. The van der Waals surface area contributed by atoms with Crippen molar-refractivity contribution in [2.24, 2.45) is 5.41 Å². The Balaban J connectivity index is 1.33. The smallest absolute Gasteiger partial charge is 0.282 e. The Labute approximate surface area is 190 Å². The average molecular weight is 449 g/mol. The van der Waals surface area contributed by atoms with E-state index in [0.29, 0.717) is 28.4 Å². The van der Waals surface area contributed by atoms with E-state index in [-0.39, 0.29) is 17.3 Å². The van der Waals surface area contributed by atoms with Crippen LogP contribution in [0.1, 0.15) is 37.3 Å². The number of aromatic amines is 1. The highest BCUT2D eigenvalue weighted by Crippen LogP contribution is 2.46. The van der Waals surface area contributed by atoms with Crippen molar-refractivity contribution in [3.8, 4) is 22.8 Å². The van der Waals surface area contributed by atoms with E-state index in [2.05, 4.69) is 30.4 Å². The minimum atomic E-state index is -0.376. The molecule has 0 atom stereocenters. The Morgan fingerprint density at radius 2 is 1.91 bits per heavy atom. The van der Waals surface area contributed by atoms with Crippen molar-refractivity contribution in [2.45, 2.75) is 31.6 Å². The molecule has 8 nitrogen and oxygen atoms in total. The van der Waals surface area contributed by atoms with Crippen molar-refractivity contribution in [3.63, 3.8) is 0 Å². The van der Waals surface area contributed by atoms with Crippen molar-refractivity contribution >= 4 is 5.82 Å². The summed E-state index contributed by atoms with van der Waals surface area (Å²) in [5.41, 5.74) is 2.32. The molecule has 0 radical (unpaired) electrons. The summed E-state index contributed by atoms with van der Waals surface area (Å²) in [6.45, 7) is 3.90. The van der Waals surface area contributed by atoms with Crippen LogP contribution in [-0.4, -0.2) is 46.3 Å². The van der Waals surface area contributed by atoms with Crippen LogP contribution in [0.15, 0.2) is 41.5 Å². The van der Waals surface area contributed by atoms with Gasteiger partial charge in [0.15, 0.2) is 5.82 Å². The summed E-state index contributed by atoms with van der Waals surface area (Å²) in [5, 5.41) is 11.6. The van der Waals surface area contributed by atoms with Crippen LogP contribution in [0, 0.1) is 11.2 Å². The SMILES string of the molecule is O=c1ccc(-c2cc(F)ccc2Oc2nncnc2N2CC3(CCNCC3)C2)c(C2CC2)[nH]1. The molecule has 3 aliphatic rings. The van der Waals surface area contributed by atoms with Crippen molar-refractivity contribution < 1.29 is 9.13 Å². The number of pyridine rings is 1. The van der Waals surface area contributed by atoms with Gasteiger partial charge in [0.25, 0.3) is 5.88 Å². The number of benzene rings is 1. The Morgan fingerprint density at radius 3 is 2.70 bits per heavy atom. The lowest BCUT2D eigenvalue weighted by atomic mass is 9.72. The summed E-state index contributed by atoms with van der Waals surface area (Å²) < 4.78 is 20.5. The number of aromatic nitrogens is 4. The number of anilines is 1. The van der Waals surface area contributed by atoms with E-state index < -0.39 is 0 Å². The van der Waals surface area contributed by atoms with Crippen LogP contribution < -0.4 is 20.5 Å². The van der Waals surface area contributed by atoms with Crippen molar-refractivity contribution in [3.05, 3.63) is 58.5 Å². The first kappa shape index (κ1) is 20.3. The van der Waals surface area contributed by atoms with E-state index in [1.807, 2.05) is 0 Å². The van der Waals surface area contributed by atoms with Crippen LogP contribution in [0.4, 0.5) is 10.2 Å². The van der Waals surface area contributed by atoms with Gasteiger partial charge >= 0.3 is 0 Å². The summed E-state index contributed by atoms with van der Waals surface area (Å²) in [4.78, 5) is 21.5. The predicted octanol–water partition coefficient (Wildman–Crippen LogP) is 3.23. The summed E-state index contributed by atoms with van der Waals surface area (Å²) >= 11 is 0. The van der Waals surface area contributed by atoms with Crippen molar-refractivity contribution in [2.75, 3.05) is 31.1 Å². The van der Waals surface area contributed by atoms with Gasteiger partial charge in [0.1, 0.15) is 17.9 Å². The summed E-state index contributed by atoms with van der Waals surface area (Å²) in [7, 11) is 0. The Kier molecular flexibility index (Phi) is 4.86. The lowest BCUT2D eigenvalue weighted by Gasteiger charge is -2.52. The molecule has 1 saturated carbocycles. The molecule has 6 rings (SSSR count). The quantitative estimate of drug-likeness (QED) is 0.619. The molecular formula is C24H25FN6O2. The normalized spacial score (nSPS) is 19.4. The fraction of sp³-hybridized carbons (Fsp3) is 0.417. The predicted molar refractivity (Wildman–Crippen MR) is 121 cm³/mol. The first-order valence-corrected chi connectivity index (χ1v) is 11.4. The Hall–Kier alpha value is -3.33. The lowest BCUT2D eigenvalue weighted by Crippen LogP contribution is -2.60. The molecular weight excluding hydrogens is 423 g/mol. The minimum Gasteiger partial charge on any atom is -0.434 e. The highest BCUT2D eigenvalue weighted by Gasteiger charge is 2.45. The van der Waals surface area contributed by atoms with Crippen LogP contribution in [0.3, 0.4) is 0 Å². The number of nitrogens with zero attached hydrogens (tertiary/aromatic N) is 4. The third-order valence-corrected chi connectivity index (χ3v) is 6.96. The fourth-order valence-electron chi connectivity index (χ4n) is 5.05. The van der Waals surface area contributed by atoms with E-state index >= 15 is 0 Å². The Bertz CT molecular complexity index is 1240. The molecule has 2 N–H and O–H groups in total. The number of H-pyrrole nitrogens is 1. The van der Waals surface area contributed by atoms with Gasteiger partial charge in [-0.15, -0.1) is 10.2 Å². The van der Waals surface area contributed by atoms with Crippen LogP contribution in [-0.2, 0) is 0 Å². The summed E-state index contributed by atoms with van der Waals surface area (Å²) in [6, 6.07) is 7.59. The summed E-state index contributed by atoms with van der Waals surface area (Å²) in [6.07, 6.45) is 5.73. The number of nitrogens with one attached hydrogen (secondary N) is 2. The van der Waals surface area contributed by atoms with Crippen molar-refractivity contribution in [1.82, 2.24) is 25.5 Å². The van der Waals surface area contributed by atoms with Crippen LogP contribution >= 0.6 is 0 Å². The Morgan fingerprint density at radius 1 is 1.09 bits per heavy atom. The maximum absolute atomic E-state index is 14.3. The number of ether oxygens (including phenoxy) is 1. The number of piperidine rings is 1. The molecule has 9 heteroatoms. The first-order chi connectivity index (χ1) is 16.1. The maximum atomic E-state index is 14.3. The lowest BCUT2D eigenvalue weighted by molar-refractivity contribution is 0.148. The second kappa shape index (κ2) is 7.91. The number of rotatable bonds is 5. The van der Waals surface area contributed by atoms with E-state index in [0.717, 1.165) is 63.1 Å². The molecule has 1 spiro atoms. The average Bonchev–Trinajstić information content (AvgIpc) is 3.65. The molecule has 2 saturated heterocycles. The fourth-order valence-corrected chi connectivity index (χ4v) is 5.05. The first-order valence-electron chi connectivity index (χ1n) is 11.4. The largest absolute Gasteiger partial charge is 0.434 e. The molecule has 1 aliphatic carbocycles. The van der Waals surface area contributed by atoms with Gasteiger partial charge in [0.05, 0.1) is 0 Å². The molecule has 0 amide bonds. The monoisotopic (exact) mass is 448 g/mol. The molecule has 2 aromatic heterocycles. The van der Waals surface area contributed by atoms with Gasteiger partial charge in [-0.1, -0.05) is 0 Å². The van der Waals surface area contributed by atoms with Crippen LogP contribution in [0.2, 0.25) is 0 Å². The third kappa shape index (κ3) is 3.86. The van der Waals surface area contributed by atoms with Gasteiger partial charge in [0, 0.05) is 41.4 Å². The zero-order valence-corrected chi connectivity index (χ0v) is 18.2. The summed E-state index contributed by atoms with van der Waals surface area (Å²) in [5.74, 6) is 1.30. The van der Waals surface area contributed by atoms with Gasteiger partial charge in [-0.05, 0) is 69.0 Å². The molecule has 3 fully saturated rings. The maximum Gasteiger partial charge on any atom is 0.282 e. The van der Waals surface area contributed by atoms with E-state index in [1.54, 1.807) is 12.1 Å². The molecule has 0 unspecified atom stereocenters. The molecule has 33 heavy (non-hydrogen) atoms. The van der Waals surface area contributed by atoms with E-state index in [4.69, 9.17) is 4.74 Å². The van der Waals surface area contributed by atoms with Gasteiger partial charge < -0.3 is 19.9 Å². The number of hydrogen-bond donors (Lipinski definition) is 2. The second-order valence-corrected chi connectivity index (χ2v) is 9.36. The van der Waals surface area contributed by atoms with E-state index in [9.17, 15) is 9.18 Å². The molecule has 2 aliphatic heterocycles. The van der Waals surface area contributed by atoms with Gasteiger partial charge in [0.2, 0.25) is 5.56 Å². The molecule has 0 bridgehead atoms.